The number of hydrazine groups is 1. The van der Waals surface area contributed by atoms with Crippen molar-refractivity contribution >= 4 is 5.91 Å². The number of carbonyl (C=O) groups is 1. The van der Waals surface area contributed by atoms with Crippen LogP contribution in [-0.4, -0.2) is 25.7 Å². The van der Waals surface area contributed by atoms with Crippen LogP contribution in [0.15, 0.2) is 10.5 Å². The summed E-state index contributed by atoms with van der Waals surface area (Å²) in [6, 6.07) is 1.62. The highest BCUT2D eigenvalue weighted by atomic mass is 16.5. The minimum atomic E-state index is -0.450. The fourth-order valence-corrected chi connectivity index (χ4v) is 1.29. The number of amides is 1. The highest BCUT2D eigenvalue weighted by molar-refractivity contribution is 5.91. The molecular formula is C11H18N2O4. The first-order valence-corrected chi connectivity index (χ1v) is 5.44. The Morgan fingerprint density at radius 3 is 2.82 bits per heavy atom. The van der Waals surface area contributed by atoms with Crippen LogP contribution in [0.2, 0.25) is 0 Å². The standard InChI is InChI=1S/C11H18N2O4/c1-3-15-4-5-16-7-9-6-10(11(14)13-12)17-8(9)2/h6H,3-5,7,12H2,1-2H3,(H,13,14). The predicted molar refractivity (Wildman–Crippen MR) is 61.2 cm³/mol. The number of nitrogen functional groups attached to an aromatic ring is 1. The summed E-state index contributed by atoms with van der Waals surface area (Å²) in [5.74, 6) is 5.40. The molecule has 1 amide bonds. The molecular weight excluding hydrogens is 224 g/mol. The van der Waals surface area contributed by atoms with Crippen LogP contribution in [0.5, 0.6) is 0 Å². The fourth-order valence-electron chi connectivity index (χ4n) is 1.29. The first kappa shape index (κ1) is 13.7. The fraction of sp³-hybridized carbons (Fsp3) is 0.545. The predicted octanol–water partition coefficient (Wildman–Crippen LogP) is 0.745. The number of nitrogens with one attached hydrogen (secondary N) is 1. The van der Waals surface area contributed by atoms with E-state index in [1.54, 1.807) is 13.0 Å². The third kappa shape index (κ3) is 4.18. The maximum Gasteiger partial charge on any atom is 0.300 e. The Morgan fingerprint density at radius 2 is 2.18 bits per heavy atom. The Labute approximate surface area is 100 Å². The lowest BCUT2D eigenvalue weighted by atomic mass is 10.2. The Bertz CT molecular complexity index is 362. The summed E-state index contributed by atoms with van der Waals surface area (Å²) in [6.07, 6.45) is 0. The van der Waals surface area contributed by atoms with Gasteiger partial charge in [-0.3, -0.25) is 10.2 Å². The van der Waals surface area contributed by atoms with E-state index < -0.39 is 5.91 Å². The van der Waals surface area contributed by atoms with Gasteiger partial charge >= 0.3 is 5.91 Å². The first-order valence-electron chi connectivity index (χ1n) is 5.44. The van der Waals surface area contributed by atoms with Crippen LogP contribution < -0.4 is 11.3 Å². The summed E-state index contributed by atoms with van der Waals surface area (Å²) in [7, 11) is 0. The van der Waals surface area contributed by atoms with Crippen molar-refractivity contribution in [3.8, 4) is 0 Å². The molecule has 0 radical (unpaired) electrons. The molecule has 6 nitrogen and oxygen atoms in total. The van der Waals surface area contributed by atoms with Crippen LogP contribution in [0.1, 0.15) is 28.8 Å². The summed E-state index contributed by atoms with van der Waals surface area (Å²) in [5.41, 5.74) is 2.85. The zero-order valence-electron chi connectivity index (χ0n) is 10.1. The van der Waals surface area contributed by atoms with E-state index >= 15 is 0 Å². The average molecular weight is 242 g/mol. The molecule has 0 fully saturated rings. The van der Waals surface area contributed by atoms with Gasteiger partial charge in [-0.05, 0) is 19.9 Å². The van der Waals surface area contributed by atoms with E-state index in [0.29, 0.717) is 32.2 Å². The SMILES string of the molecule is CCOCCOCc1cc(C(=O)NN)oc1C. The lowest BCUT2D eigenvalue weighted by Crippen LogP contribution is -2.29. The average Bonchev–Trinajstić information content (AvgIpc) is 2.70. The number of hydrogen-bond donors (Lipinski definition) is 2. The van der Waals surface area contributed by atoms with Crippen LogP contribution in [0.3, 0.4) is 0 Å². The number of hydrogen-bond acceptors (Lipinski definition) is 5. The zero-order valence-corrected chi connectivity index (χ0v) is 10.1. The van der Waals surface area contributed by atoms with E-state index in [4.69, 9.17) is 19.7 Å². The van der Waals surface area contributed by atoms with Crippen molar-refractivity contribution < 1.29 is 18.7 Å². The number of ether oxygens (including phenoxy) is 2. The number of rotatable bonds is 7. The van der Waals surface area contributed by atoms with E-state index in [0.717, 1.165) is 5.56 Å². The summed E-state index contributed by atoms with van der Waals surface area (Å²) < 4.78 is 15.8. The molecule has 0 saturated carbocycles. The quantitative estimate of drug-likeness (QED) is 0.319. The molecule has 3 N–H and O–H groups in total. The lowest BCUT2D eigenvalue weighted by Gasteiger charge is -2.02. The van der Waals surface area contributed by atoms with Gasteiger partial charge in [0.15, 0.2) is 5.76 Å². The molecule has 0 aliphatic carbocycles. The molecule has 0 aliphatic heterocycles. The molecule has 0 aromatic carbocycles. The lowest BCUT2D eigenvalue weighted by molar-refractivity contribution is 0.0449. The summed E-state index contributed by atoms with van der Waals surface area (Å²) >= 11 is 0. The van der Waals surface area contributed by atoms with Crippen molar-refractivity contribution in [2.75, 3.05) is 19.8 Å². The van der Waals surface area contributed by atoms with Gasteiger partial charge in [0, 0.05) is 12.2 Å². The van der Waals surface area contributed by atoms with Gasteiger partial charge in [0.05, 0.1) is 19.8 Å². The van der Waals surface area contributed by atoms with Crippen molar-refractivity contribution in [3.05, 3.63) is 23.2 Å². The van der Waals surface area contributed by atoms with Gasteiger partial charge in [0.2, 0.25) is 0 Å². The Hall–Kier alpha value is -1.37. The molecule has 0 unspecified atom stereocenters. The normalized spacial score (nSPS) is 10.5. The smallest absolute Gasteiger partial charge is 0.300 e. The third-order valence-corrected chi connectivity index (χ3v) is 2.21. The molecule has 6 heteroatoms. The Morgan fingerprint density at radius 1 is 1.47 bits per heavy atom. The molecule has 0 bridgehead atoms. The number of furan rings is 1. The molecule has 0 aliphatic rings. The molecule has 0 saturated heterocycles. The minimum absolute atomic E-state index is 0.188. The van der Waals surface area contributed by atoms with E-state index in [-0.39, 0.29) is 5.76 Å². The second-order valence-electron chi connectivity index (χ2n) is 3.42. The van der Waals surface area contributed by atoms with Gasteiger partial charge in [-0.25, -0.2) is 5.84 Å². The largest absolute Gasteiger partial charge is 0.456 e. The van der Waals surface area contributed by atoms with Gasteiger partial charge in [-0.1, -0.05) is 0 Å². The molecule has 17 heavy (non-hydrogen) atoms. The van der Waals surface area contributed by atoms with Gasteiger partial charge in [0.1, 0.15) is 5.76 Å². The second-order valence-corrected chi connectivity index (χ2v) is 3.42. The topological polar surface area (TPSA) is 86.7 Å². The van der Waals surface area contributed by atoms with E-state index in [1.165, 1.54) is 0 Å². The van der Waals surface area contributed by atoms with Crippen molar-refractivity contribution in [1.82, 2.24) is 5.43 Å². The highest BCUT2D eigenvalue weighted by Crippen LogP contribution is 2.15. The van der Waals surface area contributed by atoms with E-state index in [2.05, 4.69) is 0 Å². The van der Waals surface area contributed by atoms with Crippen LogP contribution in [0.25, 0.3) is 0 Å². The van der Waals surface area contributed by atoms with Crippen molar-refractivity contribution in [3.63, 3.8) is 0 Å². The monoisotopic (exact) mass is 242 g/mol. The maximum atomic E-state index is 11.2. The summed E-state index contributed by atoms with van der Waals surface area (Å²) in [5, 5.41) is 0. The molecule has 1 heterocycles. The summed E-state index contributed by atoms with van der Waals surface area (Å²) in [6.45, 7) is 5.84. The molecule has 1 aromatic rings. The molecule has 0 spiro atoms. The van der Waals surface area contributed by atoms with Gasteiger partial charge < -0.3 is 13.9 Å². The van der Waals surface area contributed by atoms with Gasteiger partial charge in [-0.2, -0.15) is 0 Å². The van der Waals surface area contributed by atoms with Crippen molar-refractivity contribution in [2.24, 2.45) is 5.84 Å². The minimum Gasteiger partial charge on any atom is -0.456 e. The summed E-state index contributed by atoms with van der Waals surface area (Å²) in [4.78, 5) is 11.2. The molecule has 1 aromatic heterocycles. The zero-order chi connectivity index (χ0) is 12.7. The van der Waals surface area contributed by atoms with E-state index in [9.17, 15) is 4.79 Å². The second kappa shape index (κ2) is 7.05. The number of aryl methyl sites for hydroxylation is 1. The first-order chi connectivity index (χ1) is 8.19. The van der Waals surface area contributed by atoms with Crippen LogP contribution >= 0.6 is 0 Å². The third-order valence-electron chi connectivity index (χ3n) is 2.21. The highest BCUT2D eigenvalue weighted by Gasteiger charge is 2.13. The van der Waals surface area contributed by atoms with Crippen LogP contribution in [0.4, 0.5) is 0 Å². The number of carbonyl (C=O) groups excluding carboxylic acids is 1. The molecule has 96 valence electrons. The van der Waals surface area contributed by atoms with Crippen molar-refractivity contribution in [2.45, 2.75) is 20.5 Å². The van der Waals surface area contributed by atoms with Crippen LogP contribution in [-0.2, 0) is 16.1 Å². The molecule has 1 rings (SSSR count). The Balaban J connectivity index is 2.43. The maximum absolute atomic E-state index is 11.2. The number of nitrogens with two attached hydrogens (primary N) is 1. The van der Waals surface area contributed by atoms with Gasteiger partial charge in [-0.15, -0.1) is 0 Å². The van der Waals surface area contributed by atoms with Crippen LogP contribution in [0, 0.1) is 6.92 Å². The van der Waals surface area contributed by atoms with Crippen molar-refractivity contribution in [1.29, 1.82) is 0 Å². The van der Waals surface area contributed by atoms with E-state index in [1.807, 2.05) is 12.3 Å². The molecule has 0 atom stereocenters. The van der Waals surface area contributed by atoms with Gasteiger partial charge in [0.25, 0.3) is 0 Å². The Kier molecular flexibility index (Phi) is 5.68.